The summed E-state index contributed by atoms with van der Waals surface area (Å²) >= 11 is 0. The molecule has 0 aliphatic carbocycles. The van der Waals surface area contributed by atoms with Crippen LogP contribution >= 0.6 is 0 Å². The second kappa shape index (κ2) is 6.65. The molecule has 0 radical (unpaired) electrons. The van der Waals surface area contributed by atoms with Crippen LogP contribution in [0.25, 0.3) is 0 Å². The largest absolute Gasteiger partial charge is 0.312 e. The molecule has 3 nitrogen and oxygen atoms in total. The highest BCUT2D eigenvalue weighted by molar-refractivity contribution is 5.32. The Hall–Kier alpha value is -1.44. The zero-order chi connectivity index (χ0) is 14.5. The Bertz CT molecular complexity index is 461. The lowest BCUT2D eigenvalue weighted by Crippen LogP contribution is -2.37. The van der Waals surface area contributed by atoms with Crippen LogP contribution in [0.15, 0.2) is 18.2 Å². The van der Waals surface area contributed by atoms with E-state index in [1.54, 1.807) is 12.1 Å². The molecule has 0 aliphatic rings. The number of nitrogens with zero attached hydrogens (tertiary/aromatic N) is 2. The molecule has 4 heteroatoms. The molecule has 1 aromatic carbocycles. The van der Waals surface area contributed by atoms with E-state index >= 15 is 0 Å². The van der Waals surface area contributed by atoms with E-state index in [1.165, 1.54) is 6.07 Å². The van der Waals surface area contributed by atoms with E-state index in [1.807, 2.05) is 20.2 Å². The molecule has 0 heterocycles. The Morgan fingerprint density at radius 1 is 1.37 bits per heavy atom. The predicted molar refractivity (Wildman–Crippen MR) is 75.2 cm³/mol. The highest BCUT2D eigenvalue weighted by Gasteiger charge is 2.18. The average Bonchev–Trinajstić information content (AvgIpc) is 2.29. The van der Waals surface area contributed by atoms with Crippen LogP contribution in [-0.2, 0) is 6.54 Å². The minimum absolute atomic E-state index is 0.132. The number of benzene rings is 1. The van der Waals surface area contributed by atoms with Gasteiger partial charge in [-0.05, 0) is 31.6 Å². The smallest absolute Gasteiger partial charge is 0.129 e. The van der Waals surface area contributed by atoms with Gasteiger partial charge in [0.15, 0.2) is 0 Å². The summed E-state index contributed by atoms with van der Waals surface area (Å²) in [6.07, 6.45) is 0. The first-order valence-corrected chi connectivity index (χ1v) is 6.38. The van der Waals surface area contributed by atoms with E-state index < -0.39 is 0 Å². The van der Waals surface area contributed by atoms with Gasteiger partial charge in [0, 0.05) is 25.2 Å². The van der Waals surface area contributed by atoms with E-state index in [0.29, 0.717) is 17.7 Å². The van der Waals surface area contributed by atoms with E-state index in [4.69, 9.17) is 5.26 Å². The van der Waals surface area contributed by atoms with Crippen molar-refractivity contribution in [2.24, 2.45) is 5.41 Å². The number of nitriles is 1. The lowest BCUT2D eigenvalue weighted by atomic mass is 9.93. The number of halogens is 1. The van der Waals surface area contributed by atoms with Crippen LogP contribution in [0.4, 0.5) is 4.39 Å². The average molecular weight is 263 g/mol. The van der Waals surface area contributed by atoms with E-state index in [2.05, 4.69) is 24.1 Å². The monoisotopic (exact) mass is 263 g/mol. The molecule has 0 atom stereocenters. The lowest BCUT2D eigenvalue weighted by molar-refractivity contribution is 0.232. The minimum atomic E-state index is -0.322. The van der Waals surface area contributed by atoms with Gasteiger partial charge < -0.3 is 10.2 Å². The molecule has 19 heavy (non-hydrogen) atoms. The third-order valence-electron chi connectivity index (χ3n) is 2.85. The predicted octanol–water partition coefficient (Wildman–Crippen LogP) is 2.37. The minimum Gasteiger partial charge on any atom is -0.312 e. The molecule has 0 amide bonds. The Morgan fingerprint density at radius 3 is 2.58 bits per heavy atom. The van der Waals surface area contributed by atoms with Crippen LogP contribution < -0.4 is 5.32 Å². The van der Waals surface area contributed by atoms with Crippen molar-refractivity contribution in [3.8, 4) is 6.07 Å². The van der Waals surface area contributed by atoms with Gasteiger partial charge in [-0.2, -0.15) is 5.26 Å². The quantitative estimate of drug-likeness (QED) is 0.856. The maximum absolute atomic E-state index is 13.7. The van der Waals surface area contributed by atoms with Crippen LogP contribution in [0.5, 0.6) is 0 Å². The van der Waals surface area contributed by atoms with Gasteiger partial charge in [0.25, 0.3) is 0 Å². The van der Waals surface area contributed by atoms with Crippen LogP contribution in [-0.4, -0.2) is 32.1 Å². The summed E-state index contributed by atoms with van der Waals surface area (Å²) in [6.45, 7) is 6.61. The molecule has 0 bridgehead atoms. The molecule has 0 saturated heterocycles. The molecule has 0 aliphatic heterocycles. The second-order valence-corrected chi connectivity index (χ2v) is 5.92. The molecule has 1 rings (SSSR count). The van der Waals surface area contributed by atoms with Crippen molar-refractivity contribution in [3.63, 3.8) is 0 Å². The Balaban J connectivity index is 2.52. The summed E-state index contributed by atoms with van der Waals surface area (Å²) in [5, 5.41) is 12.0. The van der Waals surface area contributed by atoms with Gasteiger partial charge in [-0.1, -0.05) is 19.9 Å². The standard InChI is InChI=1S/C15H22FN3/c1-15(2,11-19(3)4)10-18-9-13-6-5-12(8-17)7-14(13)16/h5-7,18H,9-11H2,1-4H3. The van der Waals surface area contributed by atoms with Gasteiger partial charge >= 0.3 is 0 Å². The molecule has 1 aromatic rings. The third kappa shape index (κ3) is 5.37. The van der Waals surface area contributed by atoms with Crippen molar-refractivity contribution >= 4 is 0 Å². The molecular formula is C15H22FN3. The van der Waals surface area contributed by atoms with Crippen molar-refractivity contribution < 1.29 is 4.39 Å². The zero-order valence-corrected chi connectivity index (χ0v) is 12.1. The molecule has 0 spiro atoms. The second-order valence-electron chi connectivity index (χ2n) is 5.92. The Labute approximate surface area is 115 Å². The van der Waals surface area contributed by atoms with Crippen molar-refractivity contribution in [3.05, 3.63) is 35.1 Å². The molecule has 1 N–H and O–H groups in total. The summed E-state index contributed by atoms with van der Waals surface area (Å²) in [6, 6.07) is 6.52. The van der Waals surface area contributed by atoms with Gasteiger partial charge in [0.1, 0.15) is 5.82 Å². The molecule has 0 unspecified atom stereocenters. The Morgan fingerprint density at radius 2 is 2.05 bits per heavy atom. The summed E-state index contributed by atoms with van der Waals surface area (Å²) in [5.41, 5.74) is 1.08. The van der Waals surface area contributed by atoms with E-state index in [0.717, 1.165) is 13.1 Å². The summed E-state index contributed by atoms with van der Waals surface area (Å²) in [5.74, 6) is -0.322. The Kier molecular flexibility index (Phi) is 5.46. The fraction of sp³-hybridized carbons (Fsp3) is 0.533. The van der Waals surface area contributed by atoms with Gasteiger partial charge in [-0.25, -0.2) is 4.39 Å². The van der Waals surface area contributed by atoms with Gasteiger partial charge in [-0.15, -0.1) is 0 Å². The molecule has 0 aromatic heterocycles. The maximum atomic E-state index is 13.7. The first-order valence-electron chi connectivity index (χ1n) is 6.38. The summed E-state index contributed by atoms with van der Waals surface area (Å²) in [7, 11) is 4.09. The summed E-state index contributed by atoms with van der Waals surface area (Å²) < 4.78 is 13.7. The van der Waals surface area contributed by atoms with Crippen LogP contribution in [0.3, 0.4) is 0 Å². The first kappa shape index (κ1) is 15.6. The summed E-state index contributed by atoms with van der Waals surface area (Å²) in [4.78, 5) is 2.14. The normalized spacial score (nSPS) is 11.6. The number of nitrogens with one attached hydrogen (secondary N) is 1. The van der Waals surface area contributed by atoms with Crippen molar-refractivity contribution in [2.75, 3.05) is 27.2 Å². The van der Waals surface area contributed by atoms with Gasteiger partial charge in [0.2, 0.25) is 0 Å². The molecule has 0 fully saturated rings. The van der Waals surface area contributed by atoms with Crippen molar-refractivity contribution in [1.82, 2.24) is 10.2 Å². The highest BCUT2D eigenvalue weighted by atomic mass is 19.1. The SMILES string of the molecule is CN(C)CC(C)(C)CNCc1ccc(C#N)cc1F. The van der Waals surface area contributed by atoms with Crippen molar-refractivity contribution in [2.45, 2.75) is 20.4 Å². The maximum Gasteiger partial charge on any atom is 0.129 e. The molecule has 104 valence electrons. The molecular weight excluding hydrogens is 241 g/mol. The van der Waals surface area contributed by atoms with Crippen molar-refractivity contribution in [1.29, 1.82) is 5.26 Å². The zero-order valence-electron chi connectivity index (χ0n) is 12.1. The fourth-order valence-electron chi connectivity index (χ4n) is 2.21. The fourth-order valence-corrected chi connectivity index (χ4v) is 2.21. The van der Waals surface area contributed by atoms with Gasteiger partial charge in [-0.3, -0.25) is 0 Å². The number of hydrogen-bond donors (Lipinski definition) is 1. The van der Waals surface area contributed by atoms with E-state index in [9.17, 15) is 4.39 Å². The van der Waals surface area contributed by atoms with Crippen LogP contribution in [0.2, 0.25) is 0 Å². The van der Waals surface area contributed by atoms with Crippen LogP contribution in [0, 0.1) is 22.6 Å². The first-order chi connectivity index (χ1) is 8.84. The van der Waals surface area contributed by atoms with Crippen LogP contribution in [0.1, 0.15) is 25.0 Å². The number of hydrogen-bond acceptors (Lipinski definition) is 3. The molecule has 0 saturated carbocycles. The lowest BCUT2D eigenvalue weighted by Gasteiger charge is -2.28. The highest BCUT2D eigenvalue weighted by Crippen LogP contribution is 2.15. The number of rotatable bonds is 6. The van der Waals surface area contributed by atoms with Gasteiger partial charge in [0.05, 0.1) is 11.6 Å². The third-order valence-corrected chi connectivity index (χ3v) is 2.85. The van der Waals surface area contributed by atoms with E-state index in [-0.39, 0.29) is 11.2 Å². The topological polar surface area (TPSA) is 39.1 Å².